The quantitative estimate of drug-likeness (QED) is 0.516. The van der Waals surface area contributed by atoms with Crippen LogP contribution in [0, 0.1) is 0 Å². The number of aliphatic imine (C=N–C) groups is 2. The van der Waals surface area contributed by atoms with E-state index in [-0.39, 0.29) is 0 Å². The highest BCUT2D eigenvalue weighted by atomic mass is 16.6. The molecule has 0 saturated carbocycles. The van der Waals surface area contributed by atoms with Crippen molar-refractivity contribution < 1.29 is 9.53 Å². The van der Waals surface area contributed by atoms with Gasteiger partial charge in [-0.2, -0.15) is 0 Å². The van der Waals surface area contributed by atoms with Gasteiger partial charge in [-0.3, -0.25) is 9.98 Å². The lowest BCUT2D eigenvalue weighted by Gasteiger charge is -2.19. The predicted molar refractivity (Wildman–Crippen MR) is 151 cm³/mol. The number of carbonyl (C=O) groups excluding carboxylic acids is 1. The number of carbonyl (C=O) groups is 1. The van der Waals surface area contributed by atoms with Crippen molar-refractivity contribution in [2.75, 3.05) is 13.1 Å². The summed E-state index contributed by atoms with van der Waals surface area (Å²) in [6, 6.07) is 8.21. The molecule has 2 aliphatic heterocycles. The Morgan fingerprint density at radius 2 is 1.84 bits per heavy atom. The number of benzene rings is 1. The summed E-state index contributed by atoms with van der Waals surface area (Å²) in [5, 5.41) is 2.79. The summed E-state index contributed by atoms with van der Waals surface area (Å²) in [7, 11) is 0. The standard InChI is InChI=1S/C30H33N5O2/c1-5-27-12-11-25(18-33-27)22-7-6-8-23(15-22)28-34-19-26(20-35-28)24-10-9-21(16-31-17-24)13-14-32-29(36)37-30(2,3)4/h5-11,15,17-20H,12-14,16H2,1-4H3,(H,32,36)/b27-5-. The number of hydrogen-bond donors (Lipinski definition) is 1. The van der Waals surface area contributed by atoms with E-state index in [0.717, 1.165) is 45.5 Å². The van der Waals surface area contributed by atoms with Gasteiger partial charge in [0, 0.05) is 60.2 Å². The van der Waals surface area contributed by atoms with E-state index < -0.39 is 11.7 Å². The number of ether oxygens (including phenoxy) is 1. The van der Waals surface area contributed by atoms with Crippen LogP contribution in [0.5, 0.6) is 0 Å². The molecule has 37 heavy (non-hydrogen) atoms. The van der Waals surface area contributed by atoms with Gasteiger partial charge < -0.3 is 10.1 Å². The van der Waals surface area contributed by atoms with Gasteiger partial charge in [0.25, 0.3) is 0 Å². The van der Waals surface area contributed by atoms with Gasteiger partial charge in [0.15, 0.2) is 5.82 Å². The molecular formula is C30H33N5O2. The van der Waals surface area contributed by atoms with Gasteiger partial charge in [-0.15, -0.1) is 0 Å². The number of nitrogens with zero attached hydrogens (tertiary/aromatic N) is 4. The molecule has 7 nitrogen and oxygen atoms in total. The number of aromatic nitrogens is 2. The number of nitrogens with one attached hydrogen (secondary N) is 1. The molecule has 0 radical (unpaired) electrons. The number of amides is 1. The highest BCUT2D eigenvalue weighted by Crippen LogP contribution is 2.25. The van der Waals surface area contributed by atoms with Crippen molar-refractivity contribution in [1.82, 2.24) is 15.3 Å². The van der Waals surface area contributed by atoms with E-state index in [1.807, 2.05) is 76.8 Å². The number of alkyl carbamates (subject to hydrolysis) is 1. The molecule has 2 aliphatic rings. The molecule has 190 valence electrons. The third-order valence-corrected chi connectivity index (χ3v) is 5.81. The minimum Gasteiger partial charge on any atom is -0.444 e. The van der Waals surface area contributed by atoms with E-state index in [0.29, 0.717) is 25.3 Å². The Bertz CT molecular complexity index is 1320. The molecule has 0 atom stereocenters. The first-order chi connectivity index (χ1) is 17.8. The van der Waals surface area contributed by atoms with E-state index in [1.54, 1.807) is 0 Å². The molecule has 2 aromatic rings. The van der Waals surface area contributed by atoms with Crippen molar-refractivity contribution in [3.05, 3.63) is 83.4 Å². The summed E-state index contributed by atoms with van der Waals surface area (Å²) in [5.74, 6) is 0.670. The normalized spacial score (nSPS) is 16.5. The summed E-state index contributed by atoms with van der Waals surface area (Å²) >= 11 is 0. The molecule has 1 amide bonds. The van der Waals surface area contributed by atoms with Gasteiger partial charge in [0.05, 0.1) is 6.54 Å². The van der Waals surface area contributed by atoms with Crippen LogP contribution in [0.25, 0.3) is 22.5 Å². The van der Waals surface area contributed by atoms with Gasteiger partial charge in [0.2, 0.25) is 0 Å². The summed E-state index contributed by atoms with van der Waals surface area (Å²) < 4.78 is 5.28. The topological polar surface area (TPSA) is 88.8 Å². The fraction of sp³-hybridized carbons (Fsp3) is 0.300. The van der Waals surface area contributed by atoms with Crippen LogP contribution >= 0.6 is 0 Å². The van der Waals surface area contributed by atoms with Crippen LogP contribution in [0.2, 0.25) is 0 Å². The van der Waals surface area contributed by atoms with E-state index in [4.69, 9.17) is 4.74 Å². The average Bonchev–Trinajstić information content (AvgIpc) is 3.14. The Morgan fingerprint density at radius 3 is 2.54 bits per heavy atom. The molecule has 0 unspecified atom stereocenters. The van der Waals surface area contributed by atoms with Crippen LogP contribution in [0.4, 0.5) is 4.79 Å². The zero-order chi connectivity index (χ0) is 26.3. The summed E-state index contributed by atoms with van der Waals surface area (Å²) in [6.45, 7) is 8.62. The number of allylic oxidation sites excluding steroid dienone is 6. The third kappa shape index (κ3) is 7.43. The summed E-state index contributed by atoms with van der Waals surface area (Å²) in [6.07, 6.45) is 16.8. The van der Waals surface area contributed by atoms with E-state index in [1.165, 1.54) is 0 Å². The fourth-order valence-electron chi connectivity index (χ4n) is 3.86. The summed E-state index contributed by atoms with van der Waals surface area (Å²) in [5.41, 5.74) is 6.70. The van der Waals surface area contributed by atoms with Crippen molar-refractivity contribution in [2.45, 2.75) is 46.1 Å². The van der Waals surface area contributed by atoms with E-state index >= 15 is 0 Å². The number of hydrogen-bond acceptors (Lipinski definition) is 6. The molecule has 0 aliphatic carbocycles. The van der Waals surface area contributed by atoms with Crippen LogP contribution in [0.1, 0.15) is 51.7 Å². The van der Waals surface area contributed by atoms with Crippen molar-refractivity contribution in [2.24, 2.45) is 9.98 Å². The van der Waals surface area contributed by atoms with E-state index in [2.05, 4.69) is 49.6 Å². The molecule has 0 fully saturated rings. The molecule has 1 aromatic heterocycles. The Morgan fingerprint density at radius 1 is 1.05 bits per heavy atom. The fourth-order valence-corrected chi connectivity index (χ4v) is 3.86. The lowest BCUT2D eigenvalue weighted by atomic mass is 10.0. The molecule has 7 heteroatoms. The maximum absolute atomic E-state index is 11.8. The zero-order valence-corrected chi connectivity index (χ0v) is 21.9. The second-order valence-corrected chi connectivity index (χ2v) is 9.87. The van der Waals surface area contributed by atoms with Crippen molar-refractivity contribution in [1.29, 1.82) is 0 Å². The SMILES string of the molecule is C/C=C1/CC=C(c2cccc(-c3ncc(C4=CC=C(CCNC(=O)OC(C)(C)C)CN=C4)cn3)c2)C=N1. The lowest BCUT2D eigenvalue weighted by molar-refractivity contribution is 0.0528. The second-order valence-electron chi connectivity index (χ2n) is 9.87. The molecule has 3 heterocycles. The molecule has 4 rings (SSSR count). The first kappa shape index (κ1) is 25.9. The first-order valence-electron chi connectivity index (χ1n) is 12.5. The predicted octanol–water partition coefficient (Wildman–Crippen LogP) is 6.21. The molecule has 0 bridgehead atoms. The van der Waals surface area contributed by atoms with Gasteiger partial charge >= 0.3 is 6.09 Å². The van der Waals surface area contributed by atoms with Crippen LogP contribution in [0.15, 0.2) is 82.2 Å². The monoisotopic (exact) mass is 495 g/mol. The Kier molecular flexibility index (Phi) is 8.23. The highest BCUT2D eigenvalue weighted by molar-refractivity contribution is 6.11. The summed E-state index contributed by atoms with van der Waals surface area (Å²) in [4.78, 5) is 30.1. The minimum absolute atomic E-state index is 0.407. The van der Waals surface area contributed by atoms with Crippen LogP contribution in [0.3, 0.4) is 0 Å². The van der Waals surface area contributed by atoms with Crippen molar-refractivity contribution in [3.63, 3.8) is 0 Å². The van der Waals surface area contributed by atoms with Crippen LogP contribution in [-0.2, 0) is 4.74 Å². The van der Waals surface area contributed by atoms with Crippen molar-refractivity contribution >= 4 is 29.7 Å². The zero-order valence-electron chi connectivity index (χ0n) is 21.9. The molecule has 1 N–H and O–H groups in total. The number of dihydropyridines is 1. The molecule has 0 saturated heterocycles. The van der Waals surface area contributed by atoms with Gasteiger partial charge in [0.1, 0.15) is 5.60 Å². The van der Waals surface area contributed by atoms with E-state index in [9.17, 15) is 4.79 Å². The maximum atomic E-state index is 11.8. The van der Waals surface area contributed by atoms with Crippen LogP contribution < -0.4 is 5.32 Å². The van der Waals surface area contributed by atoms with Crippen molar-refractivity contribution in [3.8, 4) is 11.4 Å². The van der Waals surface area contributed by atoms with Gasteiger partial charge in [-0.05, 0) is 56.9 Å². The smallest absolute Gasteiger partial charge is 0.407 e. The molecule has 1 aromatic carbocycles. The molecular weight excluding hydrogens is 462 g/mol. The second kappa shape index (κ2) is 11.7. The van der Waals surface area contributed by atoms with Gasteiger partial charge in [-0.25, -0.2) is 14.8 Å². The Balaban J connectivity index is 1.40. The van der Waals surface area contributed by atoms with Crippen LogP contribution in [-0.4, -0.2) is 47.2 Å². The Labute approximate surface area is 218 Å². The van der Waals surface area contributed by atoms with Gasteiger partial charge in [-0.1, -0.05) is 42.5 Å². The minimum atomic E-state index is -0.508. The maximum Gasteiger partial charge on any atom is 0.407 e. The highest BCUT2D eigenvalue weighted by Gasteiger charge is 2.15. The Hall–Kier alpha value is -4.13. The first-order valence-corrected chi connectivity index (χ1v) is 12.5. The third-order valence-electron chi connectivity index (χ3n) is 5.81. The average molecular weight is 496 g/mol. The number of rotatable bonds is 6. The lowest BCUT2D eigenvalue weighted by Crippen LogP contribution is -2.33. The molecule has 0 spiro atoms. The largest absolute Gasteiger partial charge is 0.444 e.